The number of nitrogens with zero attached hydrogens (tertiary/aromatic N) is 7. The van der Waals surface area contributed by atoms with Gasteiger partial charge in [0.05, 0.1) is 11.2 Å². The van der Waals surface area contributed by atoms with Crippen LogP contribution in [0.15, 0.2) is 43.0 Å². The topological polar surface area (TPSA) is 64.1 Å². The molecule has 1 atom stereocenters. The van der Waals surface area contributed by atoms with Crippen LogP contribution in [-0.2, 0) is 6.54 Å². The number of para-hydroxylation sites is 1. The lowest BCUT2D eigenvalue weighted by Crippen LogP contribution is -2.37. The van der Waals surface area contributed by atoms with E-state index in [1.807, 2.05) is 22.2 Å². The number of anilines is 1. The molecule has 0 N–H and O–H groups in total. The van der Waals surface area contributed by atoms with Gasteiger partial charge in [-0.15, -0.1) is 0 Å². The van der Waals surface area contributed by atoms with Gasteiger partial charge >= 0.3 is 0 Å². The molecule has 0 saturated carbocycles. The molecule has 3 aromatic heterocycles. The van der Waals surface area contributed by atoms with Gasteiger partial charge in [0.25, 0.3) is 0 Å². The second kappa shape index (κ2) is 6.09. The maximum absolute atomic E-state index is 4.97. The average molecular weight is 347 g/mol. The minimum Gasteiger partial charge on any atom is -0.356 e. The summed E-state index contributed by atoms with van der Waals surface area (Å²) < 4.78 is 3.88. The fourth-order valence-electron chi connectivity index (χ4n) is 4.00. The van der Waals surface area contributed by atoms with Gasteiger partial charge in [-0.2, -0.15) is 10.2 Å². The Labute approximate surface area is 151 Å². The van der Waals surface area contributed by atoms with E-state index in [4.69, 9.17) is 4.98 Å². The van der Waals surface area contributed by atoms with E-state index in [-0.39, 0.29) is 0 Å². The lowest BCUT2D eigenvalue weighted by atomic mass is 9.97. The molecule has 1 saturated heterocycles. The highest BCUT2D eigenvalue weighted by atomic mass is 15.3. The fourth-order valence-corrected chi connectivity index (χ4v) is 4.00. The van der Waals surface area contributed by atoms with Crippen molar-refractivity contribution < 1.29 is 0 Å². The molecule has 132 valence electrons. The molecule has 0 aliphatic carbocycles. The van der Waals surface area contributed by atoms with Crippen LogP contribution < -0.4 is 4.90 Å². The molecule has 4 aromatic rings. The highest BCUT2D eigenvalue weighted by molar-refractivity contribution is 5.91. The van der Waals surface area contributed by atoms with Gasteiger partial charge < -0.3 is 4.90 Å². The highest BCUT2D eigenvalue weighted by Crippen LogP contribution is 2.30. The molecular weight excluding hydrogens is 326 g/mol. The van der Waals surface area contributed by atoms with Crippen LogP contribution in [0.5, 0.6) is 0 Å². The summed E-state index contributed by atoms with van der Waals surface area (Å²) in [6.45, 7) is 4.94. The summed E-state index contributed by atoms with van der Waals surface area (Å²) in [5.74, 6) is 1.62. The summed E-state index contributed by atoms with van der Waals surface area (Å²) in [5.41, 5.74) is 3.01. The molecule has 1 aliphatic rings. The maximum Gasteiger partial charge on any atom is 0.158 e. The lowest BCUT2D eigenvalue weighted by Gasteiger charge is -2.34. The van der Waals surface area contributed by atoms with Gasteiger partial charge in [0.2, 0.25) is 0 Å². The van der Waals surface area contributed by atoms with E-state index in [1.165, 1.54) is 12.8 Å². The Morgan fingerprint density at radius 2 is 2.15 bits per heavy atom. The number of fused-ring (bicyclic) bond motifs is 3. The van der Waals surface area contributed by atoms with Crippen molar-refractivity contribution in [1.29, 1.82) is 0 Å². The first-order chi connectivity index (χ1) is 12.8. The first-order valence-corrected chi connectivity index (χ1v) is 9.10. The molecule has 4 heterocycles. The van der Waals surface area contributed by atoms with Gasteiger partial charge in [-0.1, -0.05) is 12.1 Å². The number of piperidine rings is 1. The zero-order valence-electron chi connectivity index (χ0n) is 14.8. The monoisotopic (exact) mass is 347 g/mol. The van der Waals surface area contributed by atoms with Crippen LogP contribution in [0.4, 0.5) is 5.82 Å². The molecule has 1 aromatic carbocycles. The van der Waals surface area contributed by atoms with E-state index in [0.717, 1.165) is 47.7 Å². The first-order valence-electron chi connectivity index (χ1n) is 9.10. The van der Waals surface area contributed by atoms with E-state index < -0.39 is 0 Å². The van der Waals surface area contributed by atoms with Crippen LogP contribution in [0, 0.1) is 12.8 Å². The third-order valence-corrected chi connectivity index (χ3v) is 5.14. The zero-order chi connectivity index (χ0) is 17.5. The Balaban J connectivity index is 1.54. The quantitative estimate of drug-likeness (QED) is 0.570. The standard InChI is InChI=1S/C19H21N7/c1-14-9-18-22-19(16-6-2-3-7-17(16)26(18)23-14)24-8-4-5-15(10-24)11-25-13-20-12-21-25/h2-3,6-7,9,12-13,15H,4-5,8,10-11H2,1H3/t15-/m0/s1. The van der Waals surface area contributed by atoms with Crippen molar-refractivity contribution in [1.82, 2.24) is 29.4 Å². The second-order valence-electron chi connectivity index (χ2n) is 7.08. The molecule has 0 radical (unpaired) electrons. The highest BCUT2D eigenvalue weighted by Gasteiger charge is 2.24. The summed E-state index contributed by atoms with van der Waals surface area (Å²) in [6, 6.07) is 10.5. The largest absolute Gasteiger partial charge is 0.356 e. The average Bonchev–Trinajstić information content (AvgIpc) is 3.30. The molecule has 0 bridgehead atoms. The first kappa shape index (κ1) is 15.3. The van der Waals surface area contributed by atoms with Crippen molar-refractivity contribution in [2.45, 2.75) is 26.3 Å². The summed E-state index contributed by atoms with van der Waals surface area (Å²) in [7, 11) is 0. The van der Waals surface area contributed by atoms with Crippen LogP contribution >= 0.6 is 0 Å². The minimum absolute atomic E-state index is 0.550. The SMILES string of the molecule is Cc1cc2nc(N3CCC[C@H](Cn4cncn4)C3)c3ccccc3n2n1. The molecule has 0 amide bonds. The molecule has 0 spiro atoms. The number of rotatable bonds is 3. The molecule has 0 unspecified atom stereocenters. The van der Waals surface area contributed by atoms with Crippen LogP contribution in [0.25, 0.3) is 16.6 Å². The van der Waals surface area contributed by atoms with E-state index >= 15 is 0 Å². The number of benzene rings is 1. The van der Waals surface area contributed by atoms with E-state index in [2.05, 4.69) is 44.3 Å². The Morgan fingerprint density at radius 3 is 3.04 bits per heavy atom. The Hall–Kier alpha value is -2.96. The molecule has 7 nitrogen and oxygen atoms in total. The van der Waals surface area contributed by atoms with Crippen molar-refractivity contribution >= 4 is 22.4 Å². The van der Waals surface area contributed by atoms with Crippen molar-refractivity contribution in [3.05, 3.63) is 48.7 Å². The van der Waals surface area contributed by atoms with Gasteiger partial charge in [0.1, 0.15) is 18.5 Å². The van der Waals surface area contributed by atoms with E-state index in [0.29, 0.717) is 5.92 Å². The number of aryl methyl sites for hydroxylation is 1. The Kier molecular flexibility index (Phi) is 3.58. The van der Waals surface area contributed by atoms with Crippen molar-refractivity contribution in [3.63, 3.8) is 0 Å². The Bertz CT molecular complexity index is 1050. The molecular formula is C19H21N7. The lowest BCUT2D eigenvalue weighted by molar-refractivity contribution is 0.351. The number of hydrogen-bond donors (Lipinski definition) is 0. The van der Waals surface area contributed by atoms with Crippen LogP contribution in [0.3, 0.4) is 0 Å². The van der Waals surface area contributed by atoms with Gasteiger partial charge in [0, 0.05) is 31.1 Å². The van der Waals surface area contributed by atoms with Crippen molar-refractivity contribution in [3.8, 4) is 0 Å². The predicted molar refractivity (Wildman–Crippen MR) is 100 cm³/mol. The minimum atomic E-state index is 0.550. The van der Waals surface area contributed by atoms with Gasteiger partial charge in [0.15, 0.2) is 5.65 Å². The van der Waals surface area contributed by atoms with E-state index in [9.17, 15) is 0 Å². The van der Waals surface area contributed by atoms with Crippen LogP contribution in [0.1, 0.15) is 18.5 Å². The Morgan fingerprint density at radius 1 is 1.23 bits per heavy atom. The molecule has 5 rings (SSSR count). The molecule has 26 heavy (non-hydrogen) atoms. The maximum atomic E-state index is 4.97. The van der Waals surface area contributed by atoms with Crippen molar-refractivity contribution in [2.24, 2.45) is 5.92 Å². The molecule has 1 fully saturated rings. The smallest absolute Gasteiger partial charge is 0.158 e. The summed E-state index contributed by atoms with van der Waals surface area (Å²) in [6.07, 6.45) is 5.78. The summed E-state index contributed by atoms with van der Waals surface area (Å²) in [5, 5.41) is 10.0. The normalized spacial score (nSPS) is 18.0. The fraction of sp³-hybridized carbons (Fsp3) is 0.368. The summed E-state index contributed by atoms with van der Waals surface area (Å²) in [4.78, 5) is 11.5. The van der Waals surface area contributed by atoms with Crippen LogP contribution in [-0.4, -0.2) is 42.5 Å². The predicted octanol–water partition coefficient (Wildman–Crippen LogP) is 2.70. The summed E-state index contributed by atoms with van der Waals surface area (Å²) >= 11 is 0. The third-order valence-electron chi connectivity index (χ3n) is 5.14. The molecule has 7 heteroatoms. The zero-order valence-corrected chi connectivity index (χ0v) is 14.8. The van der Waals surface area contributed by atoms with Gasteiger partial charge in [-0.05, 0) is 37.8 Å². The molecule has 1 aliphatic heterocycles. The van der Waals surface area contributed by atoms with E-state index in [1.54, 1.807) is 12.7 Å². The van der Waals surface area contributed by atoms with Gasteiger partial charge in [-0.25, -0.2) is 14.5 Å². The third kappa shape index (κ3) is 2.60. The number of hydrogen-bond acceptors (Lipinski definition) is 5. The van der Waals surface area contributed by atoms with Crippen molar-refractivity contribution in [2.75, 3.05) is 18.0 Å². The van der Waals surface area contributed by atoms with Gasteiger partial charge in [-0.3, -0.25) is 4.68 Å². The number of aromatic nitrogens is 6. The second-order valence-corrected chi connectivity index (χ2v) is 7.08. The van der Waals surface area contributed by atoms with Crippen LogP contribution in [0.2, 0.25) is 0 Å².